The van der Waals surface area contributed by atoms with Gasteiger partial charge in [-0.05, 0) is 36.4 Å². The Kier molecular flexibility index (Phi) is 3.29. The number of benzene rings is 1. The Morgan fingerprint density at radius 3 is 2.81 bits per heavy atom. The minimum Gasteiger partial charge on any atom is -0.272 e. The Labute approximate surface area is 127 Å². The van der Waals surface area contributed by atoms with Gasteiger partial charge >= 0.3 is 0 Å². The third kappa shape index (κ3) is 2.39. The van der Waals surface area contributed by atoms with E-state index in [1.807, 2.05) is 34.7 Å². The average molecular weight is 297 g/mol. The van der Waals surface area contributed by atoms with Crippen molar-refractivity contribution in [2.75, 3.05) is 18.2 Å². The lowest BCUT2D eigenvalue weighted by atomic mass is 10.2. The Balaban J connectivity index is 1.90. The lowest BCUT2D eigenvalue weighted by molar-refractivity contribution is 0.0768. The molecule has 0 radical (unpaired) electrons. The summed E-state index contributed by atoms with van der Waals surface area (Å²) in [5, 5.41) is 5.01. The minimum absolute atomic E-state index is 0.757. The topological polar surface area (TPSA) is 38.2 Å². The maximum Gasteiger partial charge on any atom is 0.172 e. The van der Waals surface area contributed by atoms with Crippen LogP contribution in [0.15, 0.2) is 41.8 Å². The smallest absolute Gasteiger partial charge is 0.172 e. The summed E-state index contributed by atoms with van der Waals surface area (Å²) < 4.78 is 0. The fraction of sp³-hybridized carbons (Fsp3) is 0.250. The molecule has 1 aliphatic rings. The predicted octanol–water partition coefficient (Wildman–Crippen LogP) is 3.89. The van der Waals surface area contributed by atoms with Crippen molar-refractivity contribution in [1.82, 2.24) is 9.97 Å². The van der Waals surface area contributed by atoms with Crippen LogP contribution >= 0.6 is 11.3 Å². The van der Waals surface area contributed by atoms with E-state index in [0.717, 1.165) is 53.4 Å². The molecule has 3 aromatic rings. The first-order chi connectivity index (χ1) is 10.4. The fourth-order valence-corrected chi connectivity index (χ4v) is 3.19. The molecule has 1 aliphatic heterocycles. The van der Waals surface area contributed by atoms with Crippen molar-refractivity contribution in [3.05, 3.63) is 41.8 Å². The van der Waals surface area contributed by atoms with Gasteiger partial charge in [0, 0.05) is 11.9 Å². The number of hydrogen-bond donors (Lipinski definition) is 0. The molecule has 0 bridgehead atoms. The van der Waals surface area contributed by atoms with E-state index in [4.69, 9.17) is 14.8 Å². The second-order valence-corrected chi connectivity index (χ2v) is 5.96. The molecule has 4 nitrogen and oxygen atoms in total. The molecule has 1 aromatic carbocycles. The molecule has 0 atom stereocenters. The van der Waals surface area contributed by atoms with E-state index in [0.29, 0.717) is 0 Å². The van der Waals surface area contributed by atoms with E-state index in [9.17, 15) is 0 Å². The van der Waals surface area contributed by atoms with Gasteiger partial charge in [-0.15, -0.1) is 11.3 Å². The number of aromatic nitrogens is 2. The Morgan fingerprint density at radius 1 is 1.05 bits per heavy atom. The van der Waals surface area contributed by atoms with Gasteiger partial charge in [-0.1, -0.05) is 18.2 Å². The van der Waals surface area contributed by atoms with Crippen LogP contribution in [0.5, 0.6) is 0 Å². The Hall–Kier alpha value is -1.98. The second-order valence-electron chi connectivity index (χ2n) is 5.01. The van der Waals surface area contributed by atoms with E-state index in [1.165, 1.54) is 0 Å². The maximum atomic E-state index is 5.79. The summed E-state index contributed by atoms with van der Waals surface area (Å²) in [6.45, 7) is 1.64. The van der Waals surface area contributed by atoms with Crippen LogP contribution in [0.4, 0.5) is 5.82 Å². The van der Waals surface area contributed by atoms with Crippen molar-refractivity contribution >= 4 is 28.1 Å². The average Bonchev–Trinajstić information content (AvgIpc) is 3.09. The number of thiophene rings is 1. The first kappa shape index (κ1) is 12.7. The van der Waals surface area contributed by atoms with Gasteiger partial charge in [0.2, 0.25) is 0 Å². The van der Waals surface area contributed by atoms with Crippen molar-refractivity contribution in [2.24, 2.45) is 0 Å². The molecule has 3 heterocycles. The van der Waals surface area contributed by atoms with Crippen molar-refractivity contribution < 1.29 is 4.84 Å². The summed E-state index contributed by atoms with van der Waals surface area (Å²) in [5.74, 6) is 1.65. The van der Waals surface area contributed by atoms with Crippen molar-refractivity contribution in [1.29, 1.82) is 0 Å². The number of rotatable bonds is 2. The highest BCUT2D eigenvalue weighted by Gasteiger charge is 2.18. The fourth-order valence-electron chi connectivity index (χ4n) is 2.53. The molecule has 0 aliphatic carbocycles. The van der Waals surface area contributed by atoms with Gasteiger partial charge < -0.3 is 0 Å². The lowest BCUT2D eigenvalue weighted by Gasteiger charge is -2.27. The molecule has 0 N–H and O–H groups in total. The van der Waals surface area contributed by atoms with Gasteiger partial charge in [0.25, 0.3) is 0 Å². The number of hydrogen-bond acceptors (Lipinski definition) is 5. The van der Waals surface area contributed by atoms with Crippen LogP contribution in [-0.2, 0) is 4.84 Å². The maximum absolute atomic E-state index is 5.79. The first-order valence-electron chi connectivity index (χ1n) is 7.13. The number of nitrogens with zero attached hydrogens (tertiary/aromatic N) is 3. The summed E-state index contributed by atoms with van der Waals surface area (Å²) in [5.41, 5.74) is 0.958. The third-order valence-corrected chi connectivity index (χ3v) is 4.43. The second kappa shape index (κ2) is 5.42. The number of hydroxylamine groups is 1. The van der Waals surface area contributed by atoms with E-state index < -0.39 is 0 Å². The summed E-state index contributed by atoms with van der Waals surface area (Å²) in [6.07, 6.45) is 2.24. The zero-order chi connectivity index (χ0) is 14.1. The number of fused-ring (bicyclic) bond motifs is 1. The molecule has 0 amide bonds. The van der Waals surface area contributed by atoms with Gasteiger partial charge in [0.05, 0.1) is 17.0 Å². The van der Waals surface area contributed by atoms with E-state index >= 15 is 0 Å². The van der Waals surface area contributed by atoms with Crippen LogP contribution in [0.2, 0.25) is 0 Å². The zero-order valence-corrected chi connectivity index (χ0v) is 12.3. The summed E-state index contributed by atoms with van der Waals surface area (Å²) >= 11 is 1.66. The molecular formula is C16H15N3OS. The quantitative estimate of drug-likeness (QED) is 0.719. The first-order valence-corrected chi connectivity index (χ1v) is 8.01. The standard InChI is InChI=1S/C16H15N3OS/c1-2-7-13-12(6-1)16(19-9-3-4-10-20-19)18-15(17-13)14-8-5-11-21-14/h1-2,5-8,11H,3-4,9-10H2. The van der Waals surface area contributed by atoms with Crippen LogP contribution in [0, 0.1) is 0 Å². The minimum atomic E-state index is 0.757. The Bertz CT molecular complexity index is 751. The van der Waals surface area contributed by atoms with E-state index in [1.54, 1.807) is 11.3 Å². The monoisotopic (exact) mass is 297 g/mol. The highest BCUT2D eigenvalue weighted by molar-refractivity contribution is 7.13. The van der Waals surface area contributed by atoms with Gasteiger partial charge in [0.1, 0.15) is 0 Å². The largest absolute Gasteiger partial charge is 0.272 e. The molecule has 0 unspecified atom stereocenters. The normalized spacial score (nSPS) is 15.5. The molecule has 5 heteroatoms. The SMILES string of the molecule is c1csc(-c2nc(N3CCCCO3)c3ccccc3n2)c1. The Morgan fingerprint density at radius 2 is 2.00 bits per heavy atom. The van der Waals surface area contributed by atoms with Crippen LogP contribution < -0.4 is 5.06 Å². The summed E-state index contributed by atoms with van der Waals surface area (Å²) in [6, 6.07) is 12.2. The highest BCUT2D eigenvalue weighted by atomic mass is 32.1. The third-order valence-electron chi connectivity index (χ3n) is 3.56. The molecule has 4 rings (SSSR count). The summed E-state index contributed by atoms with van der Waals surface area (Å²) in [4.78, 5) is 16.3. The molecule has 106 valence electrons. The lowest BCUT2D eigenvalue weighted by Crippen LogP contribution is -2.30. The molecular weight excluding hydrogens is 282 g/mol. The van der Waals surface area contributed by atoms with Crippen LogP contribution in [0.3, 0.4) is 0 Å². The van der Waals surface area contributed by atoms with Gasteiger partial charge in [-0.25, -0.2) is 15.0 Å². The van der Waals surface area contributed by atoms with Crippen molar-refractivity contribution in [2.45, 2.75) is 12.8 Å². The number of para-hydroxylation sites is 1. The van der Waals surface area contributed by atoms with Crippen molar-refractivity contribution in [3.8, 4) is 10.7 Å². The van der Waals surface area contributed by atoms with Crippen molar-refractivity contribution in [3.63, 3.8) is 0 Å². The highest BCUT2D eigenvalue weighted by Crippen LogP contribution is 2.30. The zero-order valence-electron chi connectivity index (χ0n) is 11.5. The molecule has 0 spiro atoms. The number of anilines is 1. The molecule has 0 saturated carbocycles. The van der Waals surface area contributed by atoms with Gasteiger partial charge in [-0.2, -0.15) is 0 Å². The van der Waals surface area contributed by atoms with E-state index in [2.05, 4.69) is 12.1 Å². The van der Waals surface area contributed by atoms with Crippen LogP contribution in [0.25, 0.3) is 21.6 Å². The molecule has 1 fully saturated rings. The summed E-state index contributed by atoms with van der Waals surface area (Å²) in [7, 11) is 0. The van der Waals surface area contributed by atoms with Crippen LogP contribution in [-0.4, -0.2) is 23.1 Å². The predicted molar refractivity (Wildman–Crippen MR) is 85.4 cm³/mol. The molecule has 2 aromatic heterocycles. The van der Waals surface area contributed by atoms with Gasteiger partial charge in [-0.3, -0.25) is 4.84 Å². The van der Waals surface area contributed by atoms with Gasteiger partial charge in [0.15, 0.2) is 11.6 Å². The van der Waals surface area contributed by atoms with E-state index in [-0.39, 0.29) is 0 Å². The van der Waals surface area contributed by atoms with Crippen LogP contribution in [0.1, 0.15) is 12.8 Å². The molecule has 21 heavy (non-hydrogen) atoms. The molecule has 1 saturated heterocycles.